The van der Waals surface area contributed by atoms with Gasteiger partial charge in [0.15, 0.2) is 0 Å². The lowest BCUT2D eigenvalue weighted by Gasteiger charge is -2.38. The summed E-state index contributed by atoms with van der Waals surface area (Å²) in [6.45, 7) is 0.853. The minimum Gasteiger partial charge on any atom is -0.486 e. The van der Waals surface area contributed by atoms with Crippen molar-refractivity contribution in [1.29, 1.82) is 0 Å². The zero-order valence-electron chi connectivity index (χ0n) is 20.6. The lowest BCUT2D eigenvalue weighted by atomic mass is 9.87. The van der Waals surface area contributed by atoms with E-state index in [1.165, 1.54) is 23.5 Å². The highest BCUT2D eigenvalue weighted by Gasteiger charge is 2.39. The number of nitrogens with zero attached hydrogens (tertiary/aromatic N) is 2. The third kappa shape index (κ3) is 5.17. The van der Waals surface area contributed by atoms with Crippen LogP contribution in [-0.4, -0.2) is 28.2 Å². The van der Waals surface area contributed by atoms with Crippen molar-refractivity contribution in [3.05, 3.63) is 111 Å². The number of carbonyl (C=O) groups excluding carboxylic acids is 2. The number of rotatable bonds is 7. The van der Waals surface area contributed by atoms with E-state index in [4.69, 9.17) is 4.74 Å². The number of para-hydroxylation sites is 1. The third-order valence-corrected chi connectivity index (χ3v) is 7.74. The smallest absolute Gasteiger partial charge is 0.275 e. The van der Waals surface area contributed by atoms with E-state index in [-0.39, 0.29) is 36.2 Å². The lowest BCUT2D eigenvalue weighted by molar-refractivity contribution is -0.134. The third-order valence-electron chi connectivity index (χ3n) is 6.92. The standard InChI is InChI=1S/C30H26FN3O3S/c31-22-11-8-20(9-12-22)28-25-16-24(13-10-19(25)14-15-34(28)30(36)21-6-7-21)37-17-27-33-26(18-38-27)29(35)32-23-4-2-1-3-5-23/h1-5,8-13,16,18,21,28H,6-7,14-15,17H2,(H,32,35). The van der Waals surface area contributed by atoms with Gasteiger partial charge in [-0.2, -0.15) is 0 Å². The van der Waals surface area contributed by atoms with E-state index >= 15 is 0 Å². The lowest BCUT2D eigenvalue weighted by Crippen LogP contribution is -2.41. The summed E-state index contributed by atoms with van der Waals surface area (Å²) in [5.74, 6) is 0.344. The van der Waals surface area contributed by atoms with Crippen molar-refractivity contribution in [2.45, 2.75) is 31.9 Å². The number of amides is 2. The molecule has 1 aliphatic carbocycles. The Hall–Kier alpha value is -4.04. The molecule has 8 heteroatoms. The van der Waals surface area contributed by atoms with Crippen molar-refractivity contribution in [3.63, 3.8) is 0 Å². The van der Waals surface area contributed by atoms with Crippen LogP contribution in [0, 0.1) is 11.7 Å². The topological polar surface area (TPSA) is 71.5 Å². The van der Waals surface area contributed by atoms with E-state index in [2.05, 4.69) is 10.3 Å². The molecular weight excluding hydrogens is 501 g/mol. The molecule has 2 heterocycles. The van der Waals surface area contributed by atoms with Crippen molar-refractivity contribution in [2.24, 2.45) is 5.92 Å². The number of fused-ring (bicyclic) bond motifs is 1. The molecule has 4 aromatic rings. The summed E-state index contributed by atoms with van der Waals surface area (Å²) >= 11 is 1.36. The first-order valence-electron chi connectivity index (χ1n) is 12.7. The van der Waals surface area contributed by atoms with Gasteiger partial charge in [0.2, 0.25) is 5.91 Å². The molecule has 2 aliphatic rings. The second-order valence-electron chi connectivity index (χ2n) is 9.61. The van der Waals surface area contributed by atoms with Crippen molar-refractivity contribution in [2.75, 3.05) is 11.9 Å². The van der Waals surface area contributed by atoms with E-state index in [0.29, 0.717) is 28.7 Å². The Kier molecular flexibility index (Phi) is 6.64. The number of hydrogen-bond acceptors (Lipinski definition) is 5. The molecule has 1 saturated carbocycles. The molecular formula is C30H26FN3O3S. The largest absolute Gasteiger partial charge is 0.486 e. The van der Waals surface area contributed by atoms with Gasteiger partial charge in [-0.1, -0.05) is 36.4 Å². The van der Waals surface area contributed by atoms with Gasteiger partial charge in [-0.25, -0.2) is 9.37 Å². The average Bonchev–Trinajstić information content (AvgIpc) is 3.69. The highest BCUT2D eigenvalue weighted by Crippen LogP contribution is 2.41. The molecule has 0 radical (unpaired) electrons. The molecule has 0 spiro atoms. The van der Waals surface area contributed by atoms with Gasteiger partial charge in [-0.3, -0.25) is 9.59 Å². The maximum Gasteiger partial charge on any atom is 0.275 e. The molecule has 38 heavy (non-hydrogen) atoms. The van der Waals surface area contributed by atoms with Crippen molar-refractivity contribution < 1.29 is 18.7 Å². The fraction of sp³-hybridized carbons (Fsp3) is 0.233. The number of hydrogen-bond donors (Lipinski definition) is 1. The van der Waals surface area contributed by atoms with Gasteiger partial charge < -0.3 is 15.0 Å². The first-order valence-corrected chi connectivity index (χ1v) is 13.6. The Balaban J connectivity index is 1.20. The van der Waals surface area contributed by atoms with E-state index in [1.54, 1.807) is 17.5 Å². The minimum atomic E-state index is -0.304. The van der Waals surface area contributed by atoms with Crippen LogP contribution in [0.1, 0.15) is 51.1 Å². The number of nitrogens with one attached hydrogen (secondary N) is 1. The molecule has 1 aliphatic heterocycles. The van der Waals surface area contributed by atoms with E-state index in [1.807, 2.05) is 53.4 Å². The Bertz CT molecular complexity index is 1470. The molecule has 0 bridgehead atoms. The van der Waals surface area contributed by atoms with Crippen LogP contribution in [0.25, 0.3) is 0 Å². The van der Waals surface area contributed by atoms with E-state index in [0.717, 1.165) is 36.0 Å². The van der Waals surface area contributed by atoms with Crippen LogP contribution in [0.2, 0.25) is 0 Å². The molecule has 1 atom stereocenters. The molecule has 6 rings (SSSR count). The van der Waals surface area contributed by atoms with Gasteiger partial charge in [-0.05, 0) is 72.4 Å². The zero-order valence-corrected chi connectivity index (χ0v) is 21.4. The molecule has 0 saturated heterocycles. The first kappa shape index (κ1) is 24.3. The predicted octanol–water partition coefficient (Wildman–Crippen LogP) is 6.00. The number of halogens is 1. The second-order valence-corrected chi connectivity index (χ2v) is 10.5. The SMILES string of the molecule is O=C(Nc1ccccc1)c1csc(COc2ccc3c(c2)C(c2ccc(F)cc2)N(C(=O)C2CC2)CC3)n1. The van der Waals surface area contributed by atoms with Crippen LogP contribution in [0.3, 0.4) is 0 Å². The molecule has 1 unspecified atom stereocenters. The Labute approximate surface area is 224 Å². The van der Waals surface area contributed by atoms with Crippen molar-refractivity contribution >= 4 is 28.8 Å². The molecule has 1 aromatic heterocycles. The quantitative estimate of drug-likeness (QED) is 0.320. The molecule has 1 N–H and O–H groups in total. The summed E-state index contributed by atoms with van der Waals surface area (Å²) in [4.78, 5) is 32.1. The van der Waals surface area contributed by atoms with Crippen LogP contribution in [-0.2, 0) is 17.8 Å². The summed E-state index contributed by atoms with van der Waals surface area (Å²) in [6.07, 6.45) is 2.62. The summed E-state index contributed by atoms with van der Waals surface area (Å²) in [7, 11) is 0. The number of anilines is 1. The zero-order chi connectivity index (χ0) is 26.1. The monoisotopic (exact) mass is 527 g/mol. The first-order chi connectivity index (χ1) is 18.5. The predicted molar refractivity (Wildman–Crippen MR) is 144 cm³/mol. The Morgan fingerprint density at radius 2 is 1.84 bits per heavy atom. The highest BCUT2D eigenvalue weighted by molar-refractivity contribution is 7.09. The second kappa shape index (κ2) is 10.4. The van der Waals surface area contributed by atoms with E-state index < -0.39 is 0 Å². The number of benzene rings is 3. The number of thiazole rings is 1. The normalized spacial score (nSPS) is 16.6. The fourth-order valence-electron chi connectivity index (χ4n) is 4.83. The van der Waals surface area contributed by atoms with Gasteiger partial charge in [0.25, 0.3) is 5.91 Å². The molecule has 6 nitrogen and oxygen atoms in total. The Morgan fingerprint density at radius 3 is 2.61 bits per heavy atom. The number of ether oxygens (including phenoxy) is 1. The van der Waals surface area contributed by atoms with Crippen molar-refractivity contribution in [3.8, 4) is 5.75 Å². The maximum atomic E-state index is 13.7. The Morgan fingerprint density at radius 1 is 1.05 bits per heavy atom. The van der Waals surface area contributed by atoms with Gasteiger partial charge in [-0.15, -0.1) is 11.3 Å². The highest BCUT2D eigenvalue weighted by atomic mass is 32.1. The van der Waals surface area contributed by atoms with Gasteiger partial charge in [0, 0.05) is 23.5 Å². The van der Waals surface area contributed by atoms with Crippen LogP contribution in [0.4, 0.5) is 10.1 Å². The molecule has 3 aromatic carbocycles. The minimum absolute atomic E-state index is 0.0946. The van der Waals surface area contributed by atoms with Crippen LogP contribution >= 0.6 is 11.3 Å². The molecule has 1 fully saturated rings. The summed E-state index contributed by atoms with van der Waals surface area (Å²) in [5, 5.41) is 5.24. The van der Waals surface area contributed by atoms with Crippen LogP contribution < -0.4 is 10.1 Å². The molecule has 2 amide bonds. The summed E-state index contributed by atoms with van der Waals surface area (Å²) < 4.78 is 19.8. The summed E-state index contributed by atoms with van der Waals surface area (Å²) in [5.41, 5.74) is 4.08. The fourth-order valence-corrected chi connectivity index (χ4v) is 5.52. The van der Waals surface area contributed by atoms with Crippen LogP contribution in [0.5, 0.6) is 5.75 Å². The van der Waals surface area contributed by atoms with Gasteiger partial charge in [0.05, 0.1) is 6.04 Å². The number of carbonyl (C=O) groups is 2. The molecule has 192 valence electrons. The van der Waals surface area contributed by atoms with Crippen molar-refractivity contribution in [1.82, 2.24) is 9.88 Å². The van der Waals surface area contributed by atoms with Gasteiger partial charge in [0.1, 0.15) is 28.9 Å². The van der Waals surface area contributed by atoms with Gasteiger partial charge >= 0.3 is 0 Å². The average molecular weight is 528 g/mol. The number of aromatic nitrogens is 1. The summed E-state index contributed by atoms with van der Waals surface area (Å²) in [6, 6.07) is 21.3. The maximum absolute atomic E-state index is 13.7. The van der Waals surface area contributed by atoms with Crippen LogP contribution in [0.15, 0.2) is 78.2 Å². The van der Waals surface area contributed by atoms with E-state index in [9.17, 15) is 14.0 Å².